The third-order valence-corrected chi connectivity index (χ3v) is 5.52. The van der Waals surface area contributed by atoms with Crippen LogP contribution in [0.1, 0.15) is 84.0 Å². The van der Waals surface area contributed by atoms with Gasteiger partial charge in [0.05, 0.1) is 6.10 Å². The summed E-state index contributed by atoms with van der Waals surface area (Å²) in [6.07, 6.45) is 16.5. The van der Waals surface area contributed by atoms with E-state index in [4.69, 9.17) is 0 Å². The standard InChI is InChI=1S/C17H32O/c1-2-3-4-5-14-6-8-15(9-7-14)16-10-12-17(18)13-11-16/h14-18H,2-13H2,1H3/t14-,15-,16-,17-. The zero-order valence-electron chi connectivity index (χ0n) is 12.2. The number of hydrogen-bond acceptors (Lipinski definition) is 1. The Kier molecular flexibility index (Phi) is 6.01. The van der Waals surface area contributed by atoms with Crippen LogP contribution in [0.4, 0.5) is 0 Å². The molecule has 0 aromatic rings. The van der Waals surface area contributed by atoms with Crippen molar-refractivity contribution >= 4 is 0 Å². The lowest BCUT2D eigenvalue weighted by Crippen LogP contribution is -2.27. The molecule has 0 unspecified atom stereocenters. The fourth-order valence-corrected chi connectivity index (χ4v) is 4.20. The molecule has 0 bridgehead atoms. The topological polar surface area (TPSA) is 20.2 Å². The van der Waals surface area contributed by atoms with Gasteiger partial charge in [0.1, 0.15) is 0 Å². The van der Waals surface area contributed by atoms with Gasteiger partial charge in [0.2, 0.25) is 0 Å². The first-order chi connectivity index (χ1) is 8.79. The quantitative estimate of drug-likeness (QED) is 0.688. The minimum absolute atomic E-state index is 0.0200. The van der Waals surface area contributed by atoms with E-state index in [1.165, 1.54) is 64.2 Å². The van der Waals surface area contributed by atoms with E-state index >= 15 is 0 Å². The summed E-state index contributed by atoms with van der Waals surface area (Å²) in [5.41, 5.74) is 0. The van der Waals surface area contributed by atoms with Crippen LogP contribution in [0.3, 0.4) is 0 Å². The Hall–Kier alpha value is -0.0400. The van der Waals surface area contributed by atoms with Gasteiger partial charge in [0.25, 0.3) is 0 Å². The molecule has 0 spiro atoms. The van der Waals surface area contributed by atoms with Crippen LogP contribution in [0.2, 0.25) is 0 Å². The van der Waals surface area contributed by atoms with Gasteiger partial charge in [-0.25, -0.2) is 0 Å². The molecule has 1 N–H and O–H groups in total. The van der Waals surface area contributed by atoms with Crippen LogP contribution in [-0.4, -0.2) is 11.2 Å². The molecule has 0 heterocycles. The van der Waals surface area contributed by atoms with Gasteiger partial charge in [-0.1, -0.05) is 45.4 Å². The van der Waals surface area contributed by atoms with E-state index in [9.17, 15) is 5.11 Å². The maximum absolute atomic E-state index is 9.59. The number of unbranched alkanes of at least 4 members (excludes halogenated alkanes) is 2. The fourth-order valence-electron chi connectivity index (χ4n) is 4.20. The lowest BCUT2D eigenvalue weighted by atomic mass is 9.70. The highest BCUT2D eigenvalue weighted by Gasteiger charge is 2.30. The molecule has 0 aromatic heterocycles. The van der Waals surface area contributed by atoms with Crippen molar-refractivity contribution in [3.63, 3.8) is 0 Å². The van der Waals surface area contributed by atoms with Crippen LogP contribution in [-0.2, 0) is 0 Å². The predicted molar refractivity (Wildman–Crippen MR) is 77.6 cm³/mol. The Balaban J connectivity index is 1.63. The Morgan fingerprint density at radius 2 is 1.33 bits per heavy atom. The summed E-state index contributed by atoms with van der Waals surface area (Å²) in [6.45, 7) is 2.30. The third kappa shape index (κ3) is 4.26. The molecule has 2 aliphatic carbocycles. The van der Waals surface area contributed by atoms with Crippen LogP contribution in [0, 0.1) is 17.8 Å². The third-order valence-electron chi connectivity index (χ3n) is 5.52. The minimum Gasteiger partial charge on any atom is -0.393 e. The molecule has 0 atom stereocenters. The second-order valence-corrected chi connectivity index (χ2v) is 6.85. The van der Waals surface area contributed by atoms with Crippen molar-refractivity contribution in [3.8, 4) is 0 Å². The van der Waals surface area contributed by atoms with Gasteiger partial charge < -0.3 is 5.11 Å². The highest BCUT2D eigenvalue weighted by molar-refractivity contribution is 4.81. The summed E-state index contributed by atoms with van der Waals surface area (Å²) in [4.78, 5) is 0. The van der Waals surface area contributed by atoms with Crippen molar-refractivity contribution in [1.82, 2.24) is 0 Å². The van der Waals surface area contributed by atoms with Crippen LogP contribution >= 0.6 is 0 Å². The zero-order chi connectivity index (χ0) is 12.8. The van der Waals surface area contributed by atoms with Crippen LogP contribution < -0.4 is 0 Å². The molecule has 0 aliphatic heterocycles. The summed E-state index contributed by atoms with van der Waals surface area (Å²) >= 11 is 0. The van der Waals surface area contributed by atoms with Crippen molar-refractivity contribution in [3.05, 3.63) is 0 Å². The van der Waals surface area contributed by atoms with Crippen LogP contribution in [0.15, 0.2) is 0 Å². The highest BCUT2D eigenvalue weighted by Crippen LogP contribution is 2.41. The van der Waals surface area contributed by atoms with Gasteiger partial charge in [-0.05, 0) is 56.3 Å². The Morgan fingerprint density at radius 3 is 1.89 bits per heavy atom. The Labute approximate surface area is 113 Å². The first-order valence-electron chi connectivity index (χ1n) is 8.47. The summed E-state index contributed by atoms with van der Waals surface area (Å²) in [5, 5.41) is 9.59. The van der Waals surface area contributed by atoms with E-state index < -0.39 is 0 Å². The molecular weight excluding hydrogens is 220 g/mol. The molecule has 2 aliphatic rings. The number of aliphatic hydroxyl groups is 1. The lowest BCUT2D eigenvalue weighted by molar-refractivity contribution is 0.0763. The fraction of sp³-hybridized carbons (Fsp3) is 1.00. The monoisotopic (exact) mass is 252 g/mol. The highest BCUT2D eigenvalue weighted by atomic mass is 16.3. The van der Waals surface area contributed by atoms with E-state index in [-0.39, 0.29) is 6.10 Å². The average Bonchev–Trinajstić information content (AvgIpc) is 2.41. The van der Waals surface area contributed by atoms with Gasteiger partial charge in [0, 0.05) is 0 Å². The van der Waals surface area contributed by atoms with Gasteiger partial charge in [0.15, 0.2) is 0 Å². The zero-order valence-corrected chi connectivity index (χ0v) is 12.2. The first kappa shape index (κ1) is 14.4. The van der Waals surface area contributed by atoms with E-state index in [1.54, 1.807) is 0 Å². The van der Waals surface area contributed by atoms with E-state index in [1.807, 2.05) is 0 Å². The largest absolute Gasteiger partial charge is 0.393 e. The predicted octanol–water partition coefficient (Wildman–Crippen LogP) is 4.92. The molecule has 0 saturated heterocycles. The Bertz CT molecular complexity index is 210. The van der Waals surface area contributed by atoms with Crippen molar-refractivity contribution in [2.45, 2.75) is 90.1 Å². The molecule has 0 radical (unpaired) electrons. The van der Waals surface area contributed by atoms with E-state index in [0.29, 0.717) is 0 Å². The Morgan fingerprint density at radius 1 is 0.778 bits per heavy atom. The number of rotatable bonds is 5. The summed E-state index contributed by atoms with van der Waals surface area (Å²) in [6, 6.07) is 0. The summed E-state index contributed by atoms with van der Waals surface area (Å²) < 4.78 is 0. The molecule has 0 aromatic carbocycles. The smallest absolute Gasteiger partial charge is 0.0540 e. The van der Waals surface area contributed by atoms with Crippen molar-refractivity contribution in [2.24, 2.45) is 17.8 Å². The van der Waals surface area contributed by atoms with Crippen molar-refractivity contribution in [1.29, 1.82) is 0 Å². The van der Waals surface area contributed by atoms with E-state index in [2.05, 4.69) is 6.92 Å². The SMILES string of the molecule is CCCCC[C@H]1CC[C@H]([C@H]2CC[C@H](O)CC2)CC1. The first-order valence-corrected chi connectivity index (χ1v) is 8.47. The molecule has 2 saturated carbocycles. The van der Waals surface area contributed by atoms with Gasteiger partial charge in [-0.15, -0.1) is 0 Å². The lowest BCUT2D eigenvalue weighted by Gasteiger charge is -2.37. The average molecular weight is 252 g/mol. The van der Waals surface area contributed by atoms with Gasteiger partial charge >= 0.3 is 0 Å². The van der Waals surface area contributed by atoms with Gasteiger partial charge in [-0.2, -0.15) is 0 Å². The van der Waals surface area contributed by atoms with Gasteiger partial charge in [-0.3, -0.25) is 0 Å². The number of hydrogen-bond donors (Lipinski definition) is 1. The van der Waals surface area contributed by atoms with Crippen LogP contribution in [0.5, 0.6) is 0 Å². The molecule has 2 fully saturated rings. The molecule has 18 heavy (non-hydrogen) atoms. The minimum atomic E-state index is 0.0200. The molecule has 106 valence electrons. The molecule has 2 rings (SSSR count). The second kappa shape index (κ2) is 7.53. The van der Waals surface area contributed by atoms with E-state index in [0.717, 1.165) is 30.6 Å². The van der Waals surface area contributed by atoms with Crippen molar-refractivity contribution < 1.29 is 5.11 Å². The molecule has 1 heteroatoms. The maximum Gasteiger partial charge on any atom is 0.0540 e. The molecular formula is C17H32O. The summed E-state index contributed by atoms with van der Waals surface area (Å²) in [7, 11) is 0. The normalized spacial score (nSPS) is 37.7. The van der Waals surface area contributed by atoms with Crippen LogP contribution in [0.25, 0.3) is 0 Å². The number of aliphatic hydroxyl groups excluding tert-OH is 1. The molecule has 0 amide bonds. The summed E-state index contributed by atoms with van der Waals surface area (Å²) in [5.74, 6) is 2.99. The second-order valence-electron chi connectivity index (χ2n) is 6.85. The van der Waals surface area contributed by atoms with Crippen molar-refractivity contribution in [2.75, 3.05) is 0 Å². The maximum atomic E-state index is 9.59. The molecule has 1 nitrogen and oxygen atoms in total.